The zero-order valence-corrected chi connectivity index (χ0v) is 31.0. The van der Waals surface area contributed by atoms with Gasteiger partial charge in [0.05, 0.1) is 22.4 Å². The van der Waals surface area contributed by atoms with Crippen molar-refractivity contribution in [2.24, 2.45) is 0 Å². The lowest BCUT2D eigenvalue weighted by atomic mass is 9.85. The Morgan fingerprint density at radius 1 is 0.316 bits per heavy atom. The van der Waals surface area contributed by atoms with Crippen LogP contribution in [0.5, 0.6) is 0 Å². The van der Waals surface area contributed by atoms with E-state index in [1.807, 2.05) is 12.4 Å². The van der Waals surface area contributed by atoms with Gasteiger partial charge in [0.1, 0.15) is 0 Å². The maximum absolute atomic E-state index is 5.26. The van der Waals surface area contributed by atoms with Crippen LogP contribution in [-0.2, 0) is 0 Å². The Morgan fingerprint density at radius 2 is 0.825 bits per heavy atom. The monoisotopic (exact) mass is 725 g/mol. The summed E-state index contributed by atoms with van der Waals surface area (Å²) < 4.78 is 2.31. The molecular formula is C54H35N3. The van der Waals surface area contributed by atoms with Crippen molar-refractivity contribution in [3.8, 4) is 61.6 Å². The fourth-order valence-corrected chi connectivity index (χ4v) is 8.68. The van der Waals surface area contributed by atoms with E-state index in [9.17, 15) is 0 Å². The zero-order valence-electron chi connectivity index (χ0n) is 31.0. The molecule has 0 aliphatic heterocycles. The Bertz CT molecular complexity index is 3270. The number of pyridine rings is 2. The number of nitrogens with zero attached hydrogens (tertiary/aromatic N) is 3. The molecule has 0 fully saturated rings. The van der Waals surface area contributed by atoms with Gasteiger partial charge < -0.3 is 4.57 Å². The molecule has 0 radical (unpaired) electrons. The van der Waals surface area contributed by atoms with Gasteiger partial charge in [0.15, 0.2) is 0 Å². The topological polar surface area (TPSA) is 30.7 Å². The maximum Gasteiger partial charge on any atom is 0.0709 e. The van der Waals surface area contributed by atoms with E-state index in [0.29, 0.717) is 0 Å². The normalized spacial score (nSPS) is 11.5. The van der Waals surface area contributed by atoms with Crippen LogP contribution in [0, 0.1) is 0 Å². The van der Waals surface area contributed by atoms with Gasteiger partial charge in [-0.3, -0.25) is 4.98 Å². The number of benzene rings is 8. The van der Waals surface area contributed by atoms with Crippen LogP contribution in [0.15, 0.2) is 213 Å². The number of aromatic nitrogens is 3. The summed E-state index contributed by atoms with van der Waals surface area (Å²) in [5, 5.41) is 7.27. The van der Waals surface area contributed by atoms with E-state index in [1.54, 1.807) is 0 Å². The first kappa shape index (κ1) is 32.8. The Labute approximate surface area is 330 Å². The van der Waals surface area contributed by atoms with Crippen molar-refractivity contribution in [3.63, 3.8) is 0 Å². The summed E-state index contributed by atoms with van der Waals surface area (Å²) in [6, 6.07) is 71.8. The third kappa shape index (κ3) is 5.60. The number of hydrogen-bond donors (Lipinski definition) is 0. The molecular weight excluding hydrogens is 691 g/mol. The molecule has 57 heavy (non-hydrogen) atoms. The number of para-hydroxylation sites is 1. The van der Waals surface area contributed by atoms with Crippen LogP contribution in [0.3, 0.4) is 0 Å². The van der Waals surface area contributed by atoms with E-state index in [4.69, 9.17) is 4.98 Å². The standard InChI is InChI=1S/C54H35N3/c1-4-14-36(15-5-1)53-43-22-10-11-23-44(43)54(37-16-6-2-7-17-37)47-33-39(26-28-45(47)53)38-18-12-19-40(32-38)49-24-13-25-50(56-49)41-27-29-51-46(34-41)48-35-55-31-30-52(48)57(51)42-20-8-3-9-21-42/h1-35H. The summed E-state index contributed by atoms with van der Waals surface area (Å²) in [4.78, 5) is 9.76. The van der Waals surface area contributed by atoms with Gasteiger partial charge >= 0.3 is 0 Å². The molecule has 3 heterocycles. The molecule has 266 valence electrons. The van der Waals surface area contributed by atoms with Gasteiger partial charge in [0.2, 0.25) is 0 Å². The summed E-state index contributed by atoms with van der Waals surface area (Å²) in [6.07, 6.45) is 3.83. The highest BCUT2D eigenvalue weighted by Gasteiger charge is 2.18. The fourth-order valence-electron chi connectivity index (χ4n) is 8.68. The molecule has 0 N–H and O–H groups in total. The summed E-state index contributed by atoms with van der Waals surface area (Å²) in [5.41, 5.74) is 14.7. The minimum Gasteiger partial charge on any atom is -0.309 e. The molecule has 3 heteroatoms. The number of fused-ring (bicyclic) bond motifs is 5. The first-order chi connectivity index (χ1) is 28.3. The van der Waals surface area contributed by atoms with E-state index >= 15 is 0 Å². The predicted octanol–water partition coefficient (Wildman–Crippen LogP) is 14.2. The molecule has 0 spiro atoms. The minimum atomic E-state index is 0.933. The average Bonchev–Trinajstić information content (AvgIpc) is 3.62. The van der Waals surface area contributed by atoms with Gasteiger partial charge in [0, 0.05) is 40.0 Å². The summed E-state index contributed by atoms with van der Waals surface area (Å²) in [6.45, 7) is 0. The van der Waals surface area contributed by atoms with E-state index in [0.717, 1.165) is 55.6 Å². The predicted molar refractivity (Wildman–Crippen MR) is 239 cm³/mol. The Balaban J connectivity index is 1.03. The zero-order chi connectivity index (χ0) is 37.7. The van der Waals surface area contributed by atoms with Gasteiger partial charge in [0.25, 0.3) is 0 Å². The lowest BCUT2D eigenvalue weighted by Crippen LogP contribution is -1.93. The van der Waals surface area contributed by atoms with Gasteiger partial charge in [-0.2, -0.15) is 0 Å². The Kier molecular flexibility index (Phi) is 7.82. The third-order valence-corrected chi connectivity index (χ3v) is 11.3. The molecule has 3 aromatic heterocycles. The van der Waals surface area contributed by atoms with Crippen LogP contribution in [0.4, 0.5) is 0 Å². The molecule has 0 amide bonds. The molecule has 0 saturated carbocycles. The van der Waals surface area contributed by atoms with Crippen LogP contribution in [0.2, 0.25) is 0 Å². The molecule has 11 rings (SSSR count). The van der Waals surface area contributed by atoms with Gasteiger partial charge in [-0.15, -0.1) is 0 Å². The second-order valence-corrected chi connectivity index (χ2v) is 14.6. The fraction of sp³-hybridized carbons (Fsp3) is 0. The quantitative estimate of drug-likeness (QED) is 0.160. The van der Waals surface area contributed by atoms with E-state index in [1.165, 1.54) is 49.4 Å². The van der Waals surface area contributed by atoms with Crippen LogP contribution in [0.1, 0.15) is 0 Å². The summed E-state index contributed by atoms with van der Waals surface area (Å²) in [5.74, 6) is 0. The molecule has 0 saturated heterocycles. The number of hydrogen-bond acceptors (Lipinski definition) is 2. The molecule has 0 aliphatic rings. The highest BCUT2D eigenvalue weighted by Crippen LogP contribution is 2.45. The molecule has 0 bridgehead atoms. The Morgan fingerprint density at radius 3 is 1.54 bits per heavy atom. The van der Waals surface area contributed by atoms with Gasteiger partial charge in [-0.05, 0) is 110 Å². The van der Waals surface area contributed by atoms with Crippen molar-refractivity contribution in [2.75, 3.05) is 0 Å². The van der Waals surface area contributed by atoms with Crippen molar-refractivity contribution in [3.05, 3.63) is 213 Å². The first-order valence-electron chi connectivity index (χ1n) is 19.4. The van der Waals surface area contributed by atoms with E-state index in [-0.39, 0.29) is 0 Å². The highest BCUT2D eigenvalue weighted by atomic mass is 15.0. The van der Waals surface area contributed by atoms with Crippen molar-refractivity contribution < 1.29 is 0 Å². The van der Waals surface area contributed by atoms with Gasteiger partial charge in [-0.25, -0.2) is 4.98 Å². The van der Waals surface area contributed by atoms with E-state index < -0.39 is 0 Å². The largest absolute Gasteiger partial charge is 0.309 e. The maximum atomic E-state index is 5.26. The van der Waals surface area contributed by atoms with Crippen LogP contribution < -0.4 is 0 Å². The molecule has 0 atom stereocenters. The lowest BCUT2D eigenvalue weighted by Gasteiger charge is -2.19. The average molecular weight is 726 g/mol. The van der Waals surface area contributed by atoms with Crippen LogP contribution in [-0.4, -0.2) is 14.5 Å². The molecule has 11 aromatic rings. The first-order valence-corrected chi connectivity index (χ1v) is 19.4. The van der Waals surface area contributed by atoms with Crippen LogP contribution in [0.25, 0.3) is 105 Å². The SMILES string of the molecule is c1ccc(-c2c3ccccc3c(-c3ccccc3)c3cc(-c4cccc(-c5cccc(-c6ccc7c(c6)c6cnccc6n7-c6ccccc6)n5)c4)ccc23)cc1. The minimum absolute atomic E-state index is 0.933. The Hall–Kier alpha value is -7.62. The van der Waals surface area contributed by atoms with Crippen molar-refractivity contribution in [2.45, 2.75) is 0 Å². The lowest BCUT2D eigenvalue weighted by molar-refractivity contribution is 1.17. The smallest absolute Gasteiger partial charge is 0.0709 e. The van der Waals surface area contributed by atoms with Gasteiger partial charge in [-0.1, -0.05) is 146 Å². The molecule has 8 aromatic carbocycles. The van der Waals surface area contributed by atoms with Crippen molar-refractivity contribution in [1.82, 2.24) is 14.5 Å². The summed E-state index contributed by atoms with van der Waals surface area (Å²) in [7, 11) is 0. The summed E-state index contributed by atoms with van der Waals surface area (Å²) >= 11 is 0. The second-order valence-electron chi connectivity index (χ2n) is 14.6. The van der Waals surface area contributed by atoms with Crippen LogP contribution >= 0.6 is 0 Å². The molecule has 0 aliphatic carbocycles. The second kappa shape index (κ2) is 13.6. The molecule has 0 unspecified atom stereocenters. The van der Waals surface area contributed by atoms with E-state index in [2.05, 4.69) is 210 Å². The highest BCUT2D eigenvalue weighted by molar-refractivity contribution is 6.22. The van der Waals surface area contributed by atoms with Crippen molar-refractivity contribution >= 4 is 43.4 Å². The third-order valence-electron chi connectivity index (χ3n) is 11.3. The number of rotatable bonds is 6. The van der Waals surface area contributed by atoms with Crippen molar-refractivity contribution in [1.29, 1.82) is 0 Å². The molecule has 3 nitrogen and oxygen atoms in total.